The summed E-state index contributed by atoms with van der Waals surface area (Å²) in [5, 5.41) is 5.22. The molecule has 0 saturated heterocycles. The van der Waals surface area contributed by atoms with Crippen LogP contribution in [0.15, 0.2) is 29.3 Å². The minimum absolute atomic E-state index is 0.0576. The Labute approximate surface area is 107 Å². The molecule has 19 heavy (non-hydrogen) atoms. The average molecular weight is 271 g/mol. The number of benzene rings is 1. The van der Waals surface area contributed by atoms with Crippen LogP contribution in [0.2, 0.25) is 0 Å². The van der Waals surface area contributed by atoms with Crippen molar-refractivity contribution in [2.24, 2.45) is 4.99 Å². The van der Waals surface area contributed by atoms with Gasteiger partial charge in [-0.05, 0) is 25.1 Å². The number of carbonyl (C=O) groups is 1. The predicted octanol–water partition coefficient (Wildman–Crippen LogP) is 2.03. The van der Waals surface area contributed by atoms with Crippen molar-refractivity contribution in [1.82, 2.24) is 5.32 Å². The molecule has 0 radical (unpaired) electrons. The highest BCUT2D eigenvalue weighted by molar-refractivity contribution is 6.42. The Bertz CT molecular complexity index is 525. The predicted molar refractivity (Wildman–Crippen MR) is 65.0 cm³/mol. The lowest BCUT2D eigenvalue weighted by molar-refractivity contribution is -0.137. The molecule has 1 unspecified atom stereocenters. The van der Waals surface area contributed by atoms with Gasteiger partial charge in [-0.25, -0.2) is 0 Å². The lowest BCUT2D eigenvalue weighted by atomic mass is 10.2. The van der Waals surface area contributed by atoms with E-state index in [0.29, 0.717) is 6.54 Å². The van der Waals surface area contributed by atoms with Crippen molar-refractivity contribution in [3.05, 3.63) is 29.8 Å². The van der Waals surface area contributed by atoms with E-state index in [9.17, 15) is 18.0 Å². The van der Waals surface area contributed by atoms with Gasteiger partial charge in [0, 0.05) is 11.7 Å². The van der Waals surface area contributed by atoms with Gasteiger partial charge in [0.1, 0.15) is 0 Å². The van der Waals surface area contributed by atoms with E-state index < -0.39 is 17.6 Å². The van der Waals surface area contributed by atoms with Gasteiger partial charge >= 0.3 is 6.18 Å². The van der Waals surface area contributed by atoms with Gasteiger partial charge in [0.2, 0.25) is 0 Å². The molecule has 1 aromatic carbocycles. The number of rotatable bonds is 2. The van der Waals surface area contributed by atoms with E-state index in [1.54, 1.807) is 0 Å². The van der Waals surface area contributed by atoms with Crippen molar-refractivity contribution in [2.45, 2.75) is 19.1 Å². The van der Waals surface area contributed by atoms with Gasteiger partial charge in [0.05, 0.1) is 12.1 Å². The molecule has 1 amide bonds. The monoisotopic (exact) mass is 271 g/mol. The standard InChI is InChI=1S/C12H12F3N3O/c1-7-6-16-10(17-7)11(19)18-9-4-2-3-8(5-9)12(13,14)15/h2-5,7H,6H2,1H3,(H,16,17)(H,18,19). The minimum atomic E-state index is -4.43. The SMILES string of the molecule is CC1CN=C(C(=O)Nc2cccc(C(F)(F)F)c2)N1. The van der Waals surface area contributed by atoms with Crippen LogP contribution < -0.4 is 10.6 Å². The van der Waals surface area contributed by atoms with Gasteiger partial charge in [-0.15, -0.1) is 0 Å². The maximum atomic E-state index is 12.5. The van der Waals surface area contributed by atoms with Crippen molar-refractivity contribution in [3.63, 3.8) is 0 Å². The molecule has 1 atom stereocenters. The van der Waals surface area contributed by atoms with Crippen molar-refractivity contribution in [3.8, 4) is 0 Å². The van der Waals surface area contributed by atoms with Crippen molar-refractivity contribution < 1.29 is 18.0 Å². The molecule has 1 aliphatic rings. The second-order valence-electron chi connectivity index (χ2n) is 4.27. The van der Waals surface area contributed by atoms with E-state index in [0.717, 1.165) is 12.1 Å². The lowest BCUT2D eigenvalue weighted by Gasteiger charge is -2.10. The number of hydrogen-bond donors (Lipinski definition) is 2. The topological polar surface area (TPSA) is 53.5 Å². The van der Waals surface area contributed by atoms with Gasteiger partial charge in [-0.1, -0.05) is 6.07 Å². The first-order valence-corrected chi connectivity index (χ1v) is 5.66. The summed E-state index contributed by atoms with van der Waals surface area (Å²) >= 11 is 0. The Hall–Kier alpha value is -2.05. The fourth-order valence-corrected chi connectivity index (χ4v) is 1.65. The van der Waals surface area contributed by atoms with Gasteiger partial charge in [-0.2, -0.15) is 13.2 Å². The van der Waals surface area contributed by atoms with Crippen LogP contribution in [0.1, 0.15) is 12.5 Å². The molecule has 0 aliphatic carbocycles. The molecular formula is C12H12F3N3O. The highest BCUT2D eigenvalue weighted by Crippen LogP contribution is 2.30. The number of alkyl halides is 3. The molecular weight excluding hydrogens is 259 g/mol. The number of nitrogens with zero attached hydrogens (tertiary/aromatic N) is 1. The summed E-state index contributed by atoms with van der Waals surface area (Å²) in [5.74, 6) is -0.395. The first-order valence-electron chi connectivity index (χ1n) is 5.66. The molecule has 0 saturated carbocycles. The second-order valence-corrected chi connectivity index (χ2v) is 4.27. The number of anilines is 1. The number of halogens is 3. The van der Waals surface area contributed by atoms with E-state index in [1.165, 1.54) is 12.1 Å². The molecule has 2 rings (SSSR count). The fraction of sp³-hybridized carbons (Fsp3) is 0.333. The summed E-state index contributed by atoms with van der Waals surface area (Å²) in [6.07, 6.45) is -4.43. The molecule has 7 heteroatoms. The first-order chi connectivity index (χ1) is 8.86. The fourth-order valence-electron chi connectivity index (χ4n) is 1.65. The van der Waals surface area contributed by atoms with Crippen LogP contribution in [0, 0.1) is 0 Å². The van der Waals surface area contributed by atoms with Gasteiger partial charge in [0.15, 0.2) is 5.84 Å². The smallest absolute Gasteiger partial charge is 0.361 e. The molecule has 0 fully saturated rings. The number of carbonyl (C=O) groups excluding carboxylic acids is 1. The number of nitrogens with one attached hydrogen (secondary N) is 2. The van der Waals surface area contributed by atoms with Crippen LogP contribution in [0.3, 0.4) is 0 Å². The average Bonchev–Trinajstić information content (AvgIpc) is 2.75. The Balaban J connectivity index is 2.10. The van der Waals surface area contributed by atoms with Crippen molar-refractivity contribution >= 4 is 17.4 Å². The van der Waals surface area contributed by atoms with Crippen LogP contribution in [0.5, 0.6) is 0 Å². The molecule has 0 aromatic heterocycles. The molecule has 102 valence electrons. The molecule has 0 bridgehead atoms. The van der Waals surface area contributed by atoms with Crippen molar-refractivity contribution in [2.75, 3.05) is 11.9 Å². The third-order valence-corrected chi connectivity index (χ3v) is 2.57. The van der Waals surface area contributed by atoms with Crippen LogP contribution in [-0.4, -0.2) is 24.3 Å². The zero-order valence-corrected chi connectivity index (χ0v) is 10.1. The summed E-state index contributed by atoms with van der Waals surface area (Å²) in [6.45, 7) is 2.33. The summed E-state index contributed by atoms with van der Waals surface area (Å²) in [7, 11) is 0. The Morgan fingerprint density at radius 1 is 1.47 bits per heavy atom. The number of hydrogen-bond acceptors (Lipinski definition) is 3. The molecule has 1 heterocycles. The number of aliphatic imine (C=N–C) groups is 1. The molecule has 1 aromatic rings. The highest BCUT2D eigenvalue weighted by Gasteiger charge is 2.30. The Kier molecular flexibility index (Phi) is 3.46. The summed E-state index contributed by atoms with van der Waals surface area (Å²) in [5.41, 5.74) is -0.719. The van der Waals surface area contributed by atoms with Crippen LogP contribution in [0.4, 0.5) is 18.9 Å². The van der Waals surface area contributed by atoms with Gasteiger partial charge in [0.25, 0.3) is 5.91 Å². The number of amidine groups is 1. The third kappa shape index (κ3) is 3.24. The Morgan fingerprint density at radius 3 is 2.79 bits per heavy atom. The maximum absolute atomic E-state index is 12.5. The molecule has 1 aliphatic heterocycles. The van der Waals surface area contributed by atoms with Crippen LogP contribution in [-0.2, 0) is 11.0 Å². The van der Waals surface area contributed by atoms with E-state index in [4.69, 9.17) is 0 Å². The quantitative estimate of drug-likeness (QED) is 0.864. The maximum Gasteiger partial charge on any atom is 0.416 e. The van der Waals surface area contributed by atoms with Crippen molar-refractivity contribution in [1.29, 1.82) is 0 Å². The van der Waals surface area contributed by atoms with E-state index >= 15 is 0 Å². The largest absolute Gasteiger partial charge is 0.416 e. The van der Waals surface area contributed by atoms with Gasteiger partial charge in [-0.3, -0.25) is 9.79 Å². The van der Waals surface area contributed by atoms with Crippen LogP contribution in [0.25, 0.3) is 0 Å². The highest BCUT2D eigenvalue weighted by atomic mass is 19.4. The zero-order chi connectivity index (χ0) is 14.0. The molecule has 2 N–H and O–H groups in total. The van der Waals surface area contributed by atoms with E-state index in [-0.39, 0.29) is 17.6 Å². The summed E-state index contributed by atoms with van der Waals surface area (Å²) < 4.78 is 37.5. The van der Waals surface area contributed by atoms with E-state index in [1.807, 2.05) is 6.92 Å². The first kappa shape index (κ1) is 13.4. The second kappa shape index (κ2) is 4.91. The number of amides is 1. The normalized spacial score (nSPS) is 18.7. The van der Waals surface area contributed by atoms with Gasteiger partial charge < -0.3 is 10.6 Å². The summed E-state index contributed by atoms with van der Waals surface area (Å²) in [6, 6.07) is 4.53. The molecule has 4 nitrogen and oxygen atoms in total. The zero-order valence-electron chi connectivity index (χ0n) is 10.1. The van der Waals surface area contributed by atoms with Crippen LogP contribution >= 0.6 is 0 Å². The summed E-state index contributed by atoms with van der Waals surface area (Å²) in [4.78, 5) is 15.7. The Morgan fingerprint density at radius 2 is 2.21 bits per heavy atom. The van der Waals surface area contributed by atoms with E-state index in [2.05, 4.69) is 15.6 Å². The molecule has 0 spiro atoms. The third-order valence-electron chi connectivity index (χ3n) is 2.57. The lowest BCUT2D eigenvalue weighted by Crippen LogP contribution is -2.36. The minimum Gasteiger partial charge on any atom is -0.361 e.